The van der Waals surface area contributed by atoms with Crippen LogP contribution in [-0.2, 0) is 11.3 Å². The SMILES string of the molecule is O=C1OCCN1Cc1ccc(Oc2cnccn2)cc1. The van der Waals surface area contributed by atoms with Crippen LogP contribution in [0.3, 0.4) is 0 Å². The summed E-state index contributed by atoms with van der Waals surface area (Å²) < 4.78 is 10.4. The maximum Gasteiger partial charge on any atom is 0.410 e. The average molecular weight is 271 g/mol. The topological polar surface area (TPSA) is 64.5 Å². The minimum Gasteiger partial charge on any atom is -0.448 e. The Balaban J connectivity index is 1.64. The molecule has 1 aromatic heterocycles. The van der Waals surface area contributed by atoms with Crippen LogP contribution in [-0.4, -0.2) is 34.1 Å². The normalized spacial score (nSPS) is 14.2. The maximum atomic E-state index is 11.4. The molecule has 20 heavy (non-hydrogen) atoms. The van der Waals surface area contributed by atoms with E-state index < -0.39 is 0 Å². The monoisotopic (exact) mass is 271 g/mol. The highest BCUT2D eigenvalue weighted by Crippen LogP contribution is 2.19. The second kappa shape index (κ2) is 5.56. The van der Waals surface area contributed by atoms with Gasteiger partial charge in [0.1, 0.15) is 12.4 Å². The molecule has 1 amide bonds. The molecule has 0 unspecified atom stereocenters. The second-order valence-electron chi connectivity index (χ2n) is 4.33. The molecule has 102 valence electrons. The van der Waals surface area contributed by atoms with Crippen LogP contribution < -0.4 is 4.74 Å². The smallest absolute Gasteiger partial charge is 0.410 e. The lowest BCUT2D eigenvalue weighted by Crippen LogP contribution is -2.23. The highest BCUT2D eigenvalue weighted by atomic mass is 16.6. The number of amides is 1. The lowest BCUT2D eigenvalue weighted by molar-refractivity contribution is 0.157. The van der Waals surface area contributed by atoms with Crippen LogP contribution in [0.5, 0.6) is 11.6 Å². The van der Waals surface area contributed by atoms with Crippen LogP contribution >= 0.6 is 0 Å². The first kappa shape index (κ1) is 12.4. The summed E-state index contributed by atoms with van der Waals surface area (Å²) >= 11 is 0. The number of rotatable bonds is 4. The molecule has 1 fully saturated rings. The summed E-state index contributed by atoms with van der Waals surface area (Å²) in [5.74, 6) is 1.13. The van der Waals surface area contributed by atoms with Gasteiger partial charge in [0, 0.05) is 18.9 Å². The fourth-order valence-electron chi connectivity index (χ4n) is 1.91. The number of cyclic esters (lactones) is 1. The van der Waals surface area contributed by atoms with E-state index in [0.29, 0.717) is 31.3 Å². The van der Waals surface area contributed by atoms with Crippen LogP contribution in [0, 0.1) is 0 Å². The maximum absolute atomic E-state index is 11.4. The molecule has 1 aliphatic heterocycles. The Bertz CT molecular complexity index is 586. The zero-order valence-corrected chi connectivity index (χ0v) is 10.7. The molecule has 0 bridgehead atoms. The highest BCUT2D eigenvalue weighted by Gasteiger charge is 2.21. The van der Waals surface area contributed by atoms with E-state index in [2.05, 4.69) is 9.97 Å². The summed E-state index contributed by atoms with van der Waals surface area (Å²) in [5, 5.41) is 0. The van der Waals surface area contributed by atoms with Crippen molar-refractivity contribution in [3.63, 3.8) is 0 Å². The van der Waals surface area contributed by atoms with Crippen molar-refractivity contribution in [2.45, 2.75) is 6.54 Å². The molecule has 0 spiro atoms. The van der Waals surface area contributed by atoms with E-state index in [1.165, 1.54) is 0 Å². The Morgan fingerprint density at radius 2 is 2.10 bits per heavy atom. The zero-order valence-electron chi connectivity index (χ0n) is 10.7. The Morgan fingerprint density at radius 1 is 1.25 bits per heavy atom. The van der Waals surface area contributed by atoms with E-state index in [-0.39, 0.29) is 6.09 Å². The van der Waals surface area contributed by atoms with Gasteiger partial charge in [0.2, 0.25) is 5.88 Å². The number of carbonyl (C=O) groups is 1. The summed E-state index contributed by atoms with van der Waals surface area (Å²) in [4.78, 5) is 21.0. The molecular formula is C14H13N3O3. The Hall–Kier alpha value is -2.63. The zero-order chi connectivity index (χ0) is 13.8. The van der Waals surface area contributed by atoms with Crippen molar-refractivity contribution in [3.8, 4) is 11.6 Å². The van der Waals surface area contributed by atoms with E-state index in [1.807, 2.05) is 24.3 Å². The van der Waals surface area contributed by atoms with Gasteiger partial charge < -0.3 is 14.4 Å². The molecule has 2 heterocycles. The molecule has 6 nitrogen and oxygen atoms in total. The highest BCUT2D eigenvalue weighted by molar-refractivity contribution is 5.69. The van der Waals surface area contributed by atoms with Gasteiger partial charge in [0.05, 0.1) is 12.7 Å². The molecule has 0 N–H and O–H groups in total. The quantitative estimate of drug-likeness (QED) is 0.853. The van der Waals surface area contributed by atoms with Crippen LogP contribution in [0.15, 0.2) is 42.9 Å². The number of ether oxygens (including phenoxy) is 2. The van der Waals surface area contributed by atoms with Crippen molar-refractivity contribution in [1.82, 2.24) is 14.9 Å². The lowest BCUT2D eigenvalue weighted by atomic mass is 10.2. The molecule has 1 saturated heterocycles. The molecule has 2 aromatic rings. The van der Waals surface area contributed by atoms with Crippen molar-refractivity contribution >= 4 is 6.09 Å². The van der Waals surface area contributed by atoms with E-state index in [1.54, 1.807) is 23.5 Å². The van der Waals surface area contributed by atoms with Crippen molar-refractivity contribution in [3.05, 3.63) is 48.4 Å². The van der Waals surface area contributed by atoms with Gasteiger partial charge in [-0.2, -0.15) is 0 Å². The van der Waals surface area contributed by atoms with Crippen LogP contribution in [0.25, 0.3) is 0 Å². The van der Waals surface area contributed by atoms with Crippen LogP contribution in [0.2, 0.25) is 0 Å². The molecular weight excluding hydrogens is 258 g/mol. The fraction of sp³-hybridized carbons (Fsp3) is 0.214. The van der Waals surface area contributed by atoms with E-state index in [4.69, 9.17) is 9.47 Å². The number of aromatic nitrogens is 2. The Labute approximate surface area is 116 Å². The van der Waals surface area contributed by atoms with Crippen LogP contribution in [0.1, 0.15) is 5.56 Å². The molecule has 1 aromatic carbocycles. The summed E-state index contributed by atoms with van der Waals surface area (Å²) in [6.07, 6.45) is 4.45. The van der Waals surface area contributed by atoms with Gasteiger partial charge in [0.15, 0.2) is 0 Å². The van der Waals surface area contributed by atoms with Gasteiger partial charge in [-0.25, -0.2) is 9.78 Å². The van der Waals surface area contributed by atoms with E-state index >= 15 is 0 Å². The van der Waals surface area contributed by atoms with Gasteiger partial charge in [-0.1, -0.05) is 12.1 Å². The van der Waals surface area contributed by atoms with Gasteiger partial charge in [-0.15, -0.1) is 0 Å². The number of nitrogens with zero attached hydrogens (tertiary/aromatic N) is 3. The third kappa shape index (κ3) is 2.85. The first-order valence-electron chi connectivity index (χ1n) is 6.26. The van der Waals surface area contributed by atoms with E-state index in [9.17, 15) is 4.79 Å². The third-order valence-corrected chi connectivity index (χ3v) is 2.90. The minimum absolute atomic E-state index is 0.259. The van der Waals surface area contributed by atoms with Gasteiger partial charge in [0.25, 0.3) is 0 Å². The first-order chi connectivity index (χ1) is 9.81. The molecule has 0 saturated carbocycles. The second-order valence-corrected chi connectivity index (χ2v) is 4.33. The molecule has 6 heteroatoms. The summed E-state index contributed by atoms with van der Waals surface area (Å²) in [5.41, 5.74) is 1.02. The number of carbonyl (C=O) groups excluding carboxylic acids is 1. The number of hydrogen-bond donors (Lipinski definition) is 0. The summed E-state index contributed by atoms with van der Waals surface area (Å²) in [6.45, 7) is 1.65. The number of benzene rings is 1. The standard InChI is InChI=1S/C14H13N3O3/c18-14-17(7-8-19-14)10-11-1-3-12(4-2-11)20-13-9-15-5-6-16-13/h1-6,9H,7-8,10H2. The van der Waals surface area contributed by atoms with Crippen LogP contribution in [0.4, 0.5) is 4.79 Å². The van der Waals surface area contributed by atoms with Crippen molar-refractivity contribution in [2.24, 2.45) is 0 Å². The largest absolute Gasteiger partial charge is 0.448 e. The fourth-order valence-corrected chi connectivity index (χ4v) is 1.91. The summed E-state index contributed by atoms with van der Waals surface area (Å²) in [7, 11) is 0. The number of hydrogen-bond acceptors (Lipinski definition) is 5. The third-order valence-electron chi connectivity index (χ3n) is 2.90. The minimum atomic E-state index is -0.259. The predicted molar refractivity (Wildman–Crippen MR) is 70.3 cm³/mol. The van der Waals surface area contributed by atoms with Gasteiger partial charge >= 0.3 is 6.09 Å². The van der Waals surface area contributed by atoms with Gasteiger partial charge in [-0.3, -0.25) is 4.98 Å². The molecule has 1 aliphatic rings. The first-order valence-corrected chi connectivity index (χ1v) is 6.26. The molecule has 0 radical (unpaired) electrons. The summed E-state index contributed by atoms with van der Waals surface area (Å²) in [6, 6.07) is 7.51. The average Bonchev–Trinajstić information content (AvgIpc) is 2.88. The molecule has 0 aliphatic carbocycles. The van der Waals surface area contributed by atoms with Crippen molar-refractivity contribution in [2.75, 3.05) is 13.2 Å². The van der Waals surface area contributed by atoms with Crippen molar-refractivity contribution in [1.29, 1.82) is 0 Å². The Kier molecular flexibility index (Phi) is 3.45. The Morgan fingerprint density at radius 3 is 2.75 bits per heavy atom. The van der Waals surface area contributed by atoms with Gasteiger partial charge in [-0.05, 0) is 17.7 Å². The molecule has 3 rings (SSSR count). The lowest BCUT2D eigenvalue weighted by Gasteiger charge is -2.12. The predicted octanol–water partition coefficient (Wildman–Crippen LogP) is 2.22. The molecule has 0 atom stereocenters. The van der Waals surface area contributed by atoms with Crippen molar-refractivity contribution < 1.29 is 14.3 Å². The van der Waals surface area contributed by atoms with E-state index in [0.717, 1.165) is 5.56 Å².